The van der Waals surface area contributed by atoms with E-state index in [0.717, 1.165) is 42.5 Å². The molecule has 0 N–H and O–H groups in total. The first-order chi connectivity index (χ1) is 10.7. The van der Waals surface area contributed by atoms with E-state index in [1.54, 1.807) is 6.20 Å². The van der Waals surface area contributed by atoms with E-state index in [4.69, 9.17) is 4.74 Å². The molecule has 2 fully saturated rings. The number of nitrogens with zero attached hydrogens (tertiary/aromatic N) is 2. The SMILES string of the molecule is CN1C2COCC1CC(C(=O)c1ccc3cccnc3c1)C2. The van der Waals surface area contributed by atoms with Crippen LogP contribution in [0.5, 0.6) is 0 Å². The maximum atomic E-state index is 12.9. The number of carbonyl (C=O) groups is 1. The summed E-state index contributed by atoms with van der Waals surface area (Å²) in [5.74, 6) is 0.369. The van der Waals surface area contributed by atoms with Crippen LogP contribution in [-0.2, 0) is 4.74 Å². The highest BCUT2D eigenvalue weighted by Gasteiger charge is 2.39. The number of morpholine rings is 1. The van der Waals surface area contributed by atoms with Gasteiger partial charge in [-0.2, -0.15) is 0 Å². The Kier molecular flexibility index (Phi) is 3.43. The van der Waals surface area contributed by atoms with Crippen LogP contribution in [0.2, 0.25) is 0 Å². The van der Waals surface area contributed by atoms with Crippen molar-refractivity contribution >= 4 is 16.7 Å². The second kappa shape index (κ2) is 5.45. The minimum Gasteiger partial charge on any atom is -0.378 e. The number of fused-ring (bicyclic) bond motifs is 3. The largest absolute Gasteiger partial charge is 0.378 e. The van der Waals surface area contributed by atoms with E-state index in [9.17, 15) is 4.79 Å². The smallest absolute Gasteiger partial charge is 0.166 e. The molecular weight excluding hydrogens is 276 g/mol. The summed E-state index contributed by atoms with van der Waals surface area (Å²) in [5, 5.41) is 1.08. The van der Waals surface area contributed by atoms with Crippen molar-refractivity contribution < 1.29 is 9.53 Å². The Morgan fingerprint density at radius 1 is 1.23 bits per heavy atom. The minimum atomic E-state index is 0.108. The summed E-state index contributed by atoms with van der Waals surface area (Å²) in [6, 6.07) is 10.6. The summed E-state index contributed by atoms with van der Waals surface area (Å²) < 4.78 is 5.64. The highest BCUT2D eigenvalue weighted by atomic mass is 16.5. The molecule has 22 heavy (non-hydrogen) atoms. The number of pyridine rings is 1. The van der Waals surface area contributed by atoms with Crippen LogP contribution in [0.15, 0.2) is 36.5 Å². The molecule has 2 aliphatic rings. The Morgan fingerprint density at radius 3 is 2.77 bits per heavy atom. The van der Waals surface area contributed by atoms with Crippen molar-refractivity contribution in [2.45, 2.75) is 24.9 Å². The first-order valence-corrected chi connectivity index (χ1v) is 7.91. The van der Waals surface area contributed by atoms with Crippen molar-refractivity contribution in [3.8, 4) is 0 Å². The summed E-state index contributed by atoms with van der Waals surface area (Å²) in [6.07, 6.45) is 3.56. The van der Waals surface area contributed by atoms with Crippen LogP contribution in [0, 0.1) is 5.92 Å². The van der Waals surface area contributed by atoms with E-state index in [2.05, 4.69) is 16.9 Å². The maximum Gasteiger partial charge on any atom is 0.166 e. The van der Waals surface area contributed by atoms with Gasteiger partial charge in [-0.15, -0.1) is 0 Å². The van der Waals surface area contributed by atoms with Crippen LogP contribution >= 0.6 is 0 Å². The van der Waals surface area contributed by atoms with Gasteiger partial charge in [-0.25, -0.2) is 0 Å². The molecule has 1 aromatic carbocycles. The van der Waals surface area contributed by atoms with Gasteiger partial charge < -0.3 is 4.74 Å². The number of aromatic nitrogens is 1. The van der Waals surface area contributed by atoms with Gasteiger partial charge in [0.25, 0.3) is 0 Å². The van der Waals surface area contributed by atoms with Crippen molar-refractivity contribution in [1.29, 1.82) is 0 Å². The maximum absolute atomic E-state index is 12.9. The van der Waals surface area contributed by atoms with Crippen molar-refractivity contribution in [2.75, 3.05) is 20.3 Å². The summed E-state index contributed by atoms with van der Waals surface area (Å²) in [7, 11) is 2.15. The number of Topliss-reactive ketones (excluding diaryl/α,β-unsaturated/α-hetero) is 1. The Morgan fingerprint density at radius 2 is 2.00 bits per heavy atom. The van der Waals surface area contributed by atoms with E-state index in [0.29, 0.717) is 12.1 Å². The third-order valence-corrected chi connectivity index (χ3v) is 5.15. The molecule has 2 unspecified atom stereocenters. The first kappa shape index (κ1) is 13.9. The topological polar surface area (TPSA) is 42.4 Å². The zero-order valence-electron chi connectivity index (χ0n) is 12.7. The number of carbonyl (C=O) groups excluding carboxylic acids is 1. The Bertz CT molecular complexity index is 701. The van der Waals surface area contributed by atoms with Gasteiger partial charge in [-0.1, -0.05) is 18.2 Å². The first-order valence-electron chi connectivity index (χ1n) is 7.91. The molecule has 4 nitrogen and oxygen atoms in total. The van der Waals surface area contributed by atoms with Gasteiger partial charge in [0.05, 0.1) is 18.7 Å². The summed E-state index contributed by atoms with van der Waals surface area (Å²) in [5.41, 5.74) is 1.68. The van der Waals surface area contributed by atoms with Gasteiger partial charge in [0.2, 0.25) is 0 Å². The monoisotopic (exact) mass is 296 g/mol. The van der Waals surface area contributed by atoms with E-state index < -0.39 is 0 Å². The summed E-state index contributed by atoms with van der Waals surface area (Å²) in [6.45, 7) is 1.49. The quantitative estimate of drug-likeness (QED) is 0.799. The lowest BCUT2D eigenvalue weighted by atomic mass is 9.81. The van der Waals surface area contributed by atoms with Gasteiger partial charge in [-0.3, -0.25) is 14.7 Å². The Balaban J connectivity index is 1.60. The van der Waals surface area contributed by atoms with Gasteiger partial charge in [0, 0.05) is 35.1 Å². The number of benzene rings is 1. The number of rotatable bonds is 2. The third-order valence-electron chi connectivity index (χ3n) is 5.15. The molecule has 0 saturated carbocycles. The highest BCUT2D eigenvalue weighted by molar-refractivity contribution is 6.00. The molecule has 4 heteroatoms. The average molecular weight is 296 g/mol. The van der Waals surface area contributed by atoms with Crippen molar-refractivity contribution in [2.24, 2.45) is 5.92 Å². The van der Waals surface area contributed by atoms with Gasteiger partial charge in [-0.05, 0) is 32.0 Å². The summed E-state index contributed by atoms with van der Waals surface area (Å²) in [4.78, 5) is 19.6. The number of hydrogen-bond acceptors (Lipinski definition) is 4. The predicted molar refractivity (Wildman–Crippen MR) is 85.0 cm³/mol. The highest BCUT2D eigenvalue weighted by Crippen LogP contribution is 2.32. The normalized spacial score (nSPS) is 28.7. The number of likely N-dealkylation sites (N-methyl/N-ethyl adjacent to an activating group) is 1. The molecule has 2 aromatic rings. The second-order valence-corrected chi connectivity index (χ2v) is 6.45. The number of hydrogen-bond donors (Lipinski definition) is 0. The van der Waals surface area contributed by atoms with E-state index in [-0.39, 0.29) is 11.7 Å². The standard InChI is InChI=1S/C18H20N2O2/c1-20-15-7-14(8-16(20)11-22-10-15)18(21)13-5-4-12-3-2-6-19-17(12)9-13/h2-6,9,14-16H,7-8,10-11H2,1H3. The zero-order valence-corrected chi connectivity index (χ0v) is 12.7. The van der Waals surface area contributed by atoms with Crippen LogP contribution in [0.25, 0.3) is 10.9 Å². The van der Waals surface area contributed by atoms with Crippen molar-refractivity contribution in [1.82, 2.24) is 9.88 Å². The van der Waals surface area contributed by atoms with Crippen LogP contribution in [0.4, 0.5) is 0 Å². The molecular formula is C18H20N2O2. The van der Waals surface area contributed by atoms with Gasteiger partial charge in [0.1, 0.15) is 0 Å². The molecule has 3 heterocycles. The van der Waals surface area contributed by atoms with Crippen LogP contribution in [0.1, 0.15) is 23.2 Å². The van der Waals surface area contributed by atoms with E-state index >= 15 is 0 Å². The van der Waals surface area contributed by atoms with Crippen molar-refractivity contribution in [3.63, 3.8) is 0 Å². The fourth-order valence-corrected chi connectivity index (χ4v) is 3.76. The molecule has 0 amide bonds. The Labute approximate surface area is 130 Å². The van der Waals surface area contributed by atoms with Gasteiger partial charge in [0.15, 0.2) is 5.78 Å². The molecule has 0 radical (unpaired) electrons. The number of ether oxygens (including phenoxy) is 1. The number of ketones is 1. The Hall–Kier alpha value is -1.78. The molecule has 2 atom stereocenters. The third kappa shape index (κ3) is 2.32. The van der Waals surface area contributed by atoms with Crippen LogP contribution in [-0.4, -0.2) is 48.0 Å². The fraction of sp³-hybridized carbons (Fsp3) is 0.444. The molecule has 2 bridgehead atoms. The second-order valence-electron chi connectivity index (χ2n) is 6.45. The molecule has 2 saturated heterocycles. The summed E-state index contributed by atoms with van der Waals surface area (Å²) >= 11 is 0. The molecule has 0 spiro atoms. The van der Waals surface area contributed by atoms with Gasteiger partial charge >= 0.3 is 0 Å². The molecule has 0 aliphatic carbocycles. The lowest BCUT2D eigenvalue weighted by Gasteiger charge is -2.46. The molecule has 2 aliphatic heterocycles. The predicted octanol–water partition coefficient (Wildman–Crippen LogP) is 2.53. The fourth-order valence-electron chi connectivity index (χ4n) is 3.76. The van der Waals surface area contributed by atoms with E-state index in [1.165, 1.54) is 0 Å². The molecule has 4 rings (SSSR count). The lowest BCUT2D eigenvalue weighted by molar-refractivity contribution is -0.0702. The lowest BCUT2D eigenvalue weighted by Crippen LogP contribution is -2.55. The molecule has 114 valence electrons. The average Bonchev–Trinajstić information content (AvgIpc) is 2.53. The van der Waals surface area contributed by atoms with Crippen molar-refractivity contribution in [3.05, 3.63) is 42.1 Å². The van der Waals surface area contributed by atoms with Crippen LogP contribution < -0.4 is 0 Å². The molecule has 1 aromatic heterocycles. The van der Waals surface area contributed by atoms with Crippen LogP contribution in [0.3, 0.4) is 0 Å². The zero-order chi connectivity index (χ0) is 15.1. The number of piperidine rings is 1. The minimum absolute atomic E-state index is 0.108. The van der Waals surface area contributed by atoms with E-state index in [1.807, 2.05) is 30.3 Å².